The summed E-state index contributed by atoms with van der Waals surface area (Å²) in [7, 11) is 0. The molecule has 6 rings (SSSR count). The maximum Gasteiger partial charge on any atom is 0.294 e. The van der Waals surface area contributed by atoms with Gasteiger partial charge in [0.05, 0.1) is 25.0 Å². The lowest BCUT2D eigenvalue weighted by Gasteiger charge is -2.28. The predicted molar refractivity (Wildman–Crippen MR) is 154 cm³/mol. The number of anilines is 1. The predicted octanol–water partition coefficient (Wildman–Crippen LogP) is 3.87. The number of aromatic nitrogens is 4. The van der Waals surface area contributed by atoms with Crippen LogP contribution in [0.5, 0.6) is 0 Å². The molecule has 1 saturated heterocycles. The van der Waals surface area contributed by atoms with E-state index in [1.54, 1.807) is 18.6 Å². The minimum absolute atomic E-state index is 0.144. The molecule has 1 unspecified atom stereocenters. The highest BCUT2D eigenvalue weighted by molar-refractivity contribution is 5.80. The van der Waals surface area contributed by atoms with Crippen molar-refractivity contribution in [3.8, 4) is 11.3 Å². The fourth-order valence-electron chi connectivity index (χ4n) is 5.25. The quantitative estimate of drug-likeness (QED) is 0.265. The van der Waals surface area contributed by atoms with Crippen LogP contribution in [0.1, 0.15) is 17.7 Å². The number of carbonyl (C=O) groups excluding carboxylic acids is 1. The summed E-state index contributed by atoms with van der Waals surface area (Å²) in [4.78, 5) is 38.8. The molecule has 1 atom stereocenters. The van der Waals surface area contributed by atoms with Gasteiger partial charge in [-0.1, -0.05) is 60.7 Å². The molecule has 1 aliphatic rings. The average molecular weight is 535 g/mol. The van der Waals surface area contributed by atoms with Crippen molar-refractivity contribution in [2.75, 3.05) is 25.1 Å². The molecule has 0 aliphatic carbocycles. The number of nitrogens with one attached hydrogen (secondary N) is 3. The molecule has 40 heavy (non-hydrogen) atoms. The average Bonchev–Trinajstić information content (AvgIpc) is 3.65. The number of nitrogens with zero attached hydrogens (tertiary/aromatic N) is 3. The third kappa shape index (κ3) is 5.23. The molecule has 0 radical (unpaired) electrons. The van der Waals surface area contributed by atoms with Crippen LogP contribution in [0.3, 0.4) is 0 Å². The van der Waals surface area contributed by atoms with E-state index in [0.29, 0.717) is 32.0 Å². The van der Waals surface area contributed by atoms with Gasteiger partial charge < -0.3 is 20.4 Å². The van der Waals surface area contributed by atoms with Gasteiger partial charge in [0, 0.05) is 47.6 Å². The number of aromatic amines is 1. The Labute approximate surface area is 231 Å². The van der Waals surface area contributed by atoms with Crippen LogP contribution in [-0.2, 0) is 28.0 Å². The molecule has 3 aromatic heterocycles. The van der Waals surface area contributed by atoms with Gasteiger partial charge in [-0.15, -0.1) is 0 Å². The van der Waals surface area contributed by atoms with E-state index in [1.807, 2.05) is 60.7 Å². The Balaban J connectivity index is 1.24. The maximum atomic E-state index is 13.7. The summed E-state index contributed by atoms with van der Waals surface area (Å²) in [6.07, 6.45) is 5.98. The van der Waals surface area contributed by atoms with Crippen molar-refractivity contribution < 1.29 is 9.53 Å². The first kappa shape index (κ1) is 25.5. The summed E-state index contributed by atoms with van der Waals surface area (Å²) in [6, 6.07) is 23.5. The highest BCUT2D eigenvalue weighted by Gasteiger charge is 2.37. The fraction of sp³-hybridized carbons (Fsp3) is 0.226. The molecule has 2 aromatic carbocycles. The van der Waals surface area contributed by atoms with Crippen molar-refractivity contribution in [1.82, 2.24) is 24.8 Å². The van der Waals surface area contributed by atoms with Crippen molar-refractivity contribution in [3.05, 3.63) is 113 Å². The molecule has 1 aliphatic heterocycles. The lowest BCUT2D eigenvalue weighted by atomic mass is 9.80. The van der Waals surface area contributed by atoms with Crippen LogP contribution < -0.4 is 16.2 Å². The molecule has 0 spiro atoms. The number of pyridine rings is 1. The van der Waals surface area contributed by atoms with Gasteiger partial charge in [-0.25, -0.2) is 4.98 Å². The van der Waals surface area contributed by atoms with Crippen molar-refractivity contribution in [2.24, 2.45) is 0 Å². The van der Waals surface area contributed by atoms with E-state index in [0.717, 1.165) is 34.1 Å². The summed E-state index contributed by atoms with van der Waals surface area (Å²) >= 11 is 0. The minimum Gasteiger partial charge on any atom is -0.380 e. The van der Waals surface area contributed by atoms with Gasteiger partial charge in [-0.3, -0.25) is 19.1 Å². The highest BCUT2D eigenvalue weighted by Crippen LogP contribution is 2.33. The highest BCUT2D eigenvalue weighted by atomic mass is 16.5. The zero-order chi connectivity index (χ0) is 27.4. The fourth-order valence-corrected chi connectivity index (χ4v) is 5.25. The van der Waals surface area contributed by atoms with E-state index in [2.05, 4.69) is 37.7 Å². The summed E-state index contributed by atoms with van der Waals surface area (Å²) in [5.41, 5.74) is 3.74. The third-order valence-corrected chi connectivity index (χ3v) is 7.46. The SMILES string of the molecule is O=C(Cn1c(-c2ccccc2)cnc(NCC2(c3ccccc3)CCOC2)c1=O)NCc1cc2cnccc2[nH]1. The molecular weight excluding hydrogens is 504 g/mol. The standard InChI is InChI=1S/C31H30N6O3/c38-28(33-17-25-15-23-16-32-13-11-26(23)36-25)19-37-27(22-7-3-1-4-8-22)18-34-29(30(37)39)35-20-31(12-14-40-21-31)24-9-5-2-6-10-24/h1-11,13,15-16,18,36H,12,14,17,19-21H2,(H,33,38)(H,34,35). The summed E-state index contributed by atoms with van der Waals surface area (Å²) in [5, 5.41) is 7.19. The Hall–Kier alpha value is -4.76. The van der Waals surface area contributed by atoms with E-state index in [4.69, 9.17) is 4.74 Å². The van der Waals surface area contributed by atoms with Crippen LogP contribution >= 0.6 is 0 Å². The van der Waals surface area contributed by atoms with Crippen molar-refractivity contribution in [3.63, 3.8) is 0 Å². The van der Waals surface area contributed by atoms with Gasteiger partial charge >= 0.3 is 0 Å². The van der Waals surface area contributed by atoms with Crippen molar-refractivity contribution in [1.29, 1.82) is 0 Å². The van der Waals surface area contributed by atoms with Gasteiger partial charge in [0.1, 0.15) is 6.54 Å². The first-order valence-corrected chi connectivity index (χ1v) is 13.3. The molecule has 3 N–H and O–H groups in total. The Bertz CT molecular complexity index is 1640. The number of benzene rings is 2. The number of hydrogen-bond donors (Lipinski definition) is 3. The lowest BCUT2D eigenvalue weighted by Crippen LogP contribution is -2.38. The van der Waals surface area contributed by atoms with Crippen LogP contribution in [0.15, 0.2) is 96.2 Å². The van der Waals surface area contributed by atoms with E-state index in [-0.39, 0.29) is 29.2 Å². The zero-order valence-electron chi connectivity index (χ0n) is 22.0. The van der Waals surface area contributed by atoms with Gasteiger partial charge in [-0.2, -0.15) is 0 Å². The Kier molecular flexibility index (Phi) is 7.11. The topological polar surface area (TPSA) is 114 Å². The molecule has 4 heterocycles. The van der Waals surface area contributed by atoms with Crippen molar-refractivity contribution in [2.45, 2.75) is 24.9 Å². The molecule has 1 fully saturated rings. The number of fused-ring (bicyclic) bond motifs is 1. The number of hydrogen-bond acceptors (Lipinski definition) is 6. The van der Waals surface area contributed by atoms with E-state index in [9.17, 15) is 9.59 Å². The number of amides is 1. The summed E-state index contributed by atoms with van der Waals surface area (Å²) in [5.74, 6) is -0.0732. The normalized spacial score (nSPS) is 16.7. The number of H-pyrrole nitrogens is 1. The number of ether oxygens (including phenoxy) is 1. The minimum atomic E-state index is -0.352. The molecule has 5 aromatic rings. The molecule has 1 amide bonds. The number of carbonyl (C=O) groups is 1. The Morgan fingerprint density at radius 3 is 2.60 bits per heavy atom. The Morgan fingerprint density at radius 2 is 1.85 bits per heavy atom. The first-order valence-electron chi connectivity index (χ1n) is 13.3. The maximum absolute atomic E-state index is 13.7. The molecule has 0 bridgehead atoms. The van der Waals surface area contributed by atoms with Crippen LogP contribution in [0.4, 0.5) is 5.82 Å². The van der Waals surface area contributed by atoms with E-state index in [1.165, 1.54) is 4.57 Å². The largest absolute Gasteiger partial charge is 0.380 e. The second-order valence-corrected chi connectivity index (χ2v) is 10.1. The van der Waals surface area contributed by atoms with Crippen LogP contribution in [0.2, 0.25) is 0 Å². The Morgan fingerprint density at radius 1 is 1.05 bits per heavy atom. The zero-order valence-corrected chi connectivity index (χ0v) is 22.0. The van der Waals surface area contributed by atoms with Crippen LogP contribution in [0.25, 0.3) is 22.2 Å². The second-order valence-electron chi connectivity index (χ2n) is 10.1. The second kappa shape index (κ2) is 11.2. The smallest absolute Gasteiger partial charge is 0.294 e. The van der Waals surface area contributed by atoms with Crippen molar-refractivity contribution >= 4 is 22.6 Å². The summed E-state index contributed by atoms with van der Waals surface area (Å²) < 4.78 is 7.25. The monoisotopic (exact) mass is 534 g/mol. The molecule has 202 valence electrons. The number of rotatable bonds is 9. The third-order valence-electron chi connectivity index (χ3n) is 7.46. The van der Waals surface area contributed by atoms with Gasteiger partial charge in [0.15, 0.2) is 5.82 Å². The van der Waals surface area contributed by atoms with E-state index < -0.39 is 0 Å². The molecule has 9 nitrogen and oxygen atoms in total. The van der Waals surface area contributed by atoms with E-state index >= 15 is 0 Å². The lowest BCUT2D eigenvalue weighted by molar-refractivity contribution is -0.121. The van der Waals surface area contributed by atoms with Gasteiger partial charge in [-0.05, 0) is 29.7 Å². The molecule has 9 heteroatoms. The molecular formula is C31H30N6O3. The van der Waals surface area contributed by atoms with Gasteiger partial charge in [0.2, 0.25) is 5.91 Å². The molecule has 0 saturated carbocycles. The van der Waals surface area contributed by atoms with Gasteiger partial charge in [0.25, 0.3) is 5.56 Å². The summed E-state index contributed by atoms with van der Waals surface area (Å²) in [6.45, 7) is 1.87. The van der Waals surface area contributed by atoms with Crippen LogP contribution in [-0.4, -0.2) is 45.2 Å². The first-order chi connectivity index (χ1) is 19.6. The van der Waals surface area contributed by atoms with Crippen LogP contribution in [0, 0.1) is 0 Å².